The van der Waals surface area contributed by atoms with Gasteiger partial charge in [0, 0.05) is 55.1 Å². The molecule has 2 aromatic rings. The molecule has 1 aromatic carbocycles. The second-order valence-electron chi connectivity index (χ2n) is 8.93. The Labute approximate surface area is 189 Å². The zero-order valence-corrected chi connectivity index (χ0v) is 19.1. The second-order valence-corrected chi connectivity index (χ2v) is 8.93. The number of ketones is 1. The summed E-state index contributed by atoms with van der Waals surface area (Å²) in [7, 11) is 3.21. The van der Waals surface area contributed by atoms with E-state index in [9.17, 15) is 4.79 Å². The van der Waals surface area contributed by atoms with Gasteiger partial charge in [-0.3, -0.25) is 9.78 Å². The van der Waals surface area contributed by atoms with Crippen molar-refractivity contribution in [2.24, 2.45) is 5.92 Å². The van der Waals surface area contributed by atoms with Gasteiger partial charge < -0.3 is 23.7 Å². The first kappa shape index (κ1) is 22.7. The lowest BCUT2D eigenvalue weighted by Gasteiger charge is -2.49. The predicted octanol–water partition coefficient (Wildman–Crippen LogP) is 4.34. The van der Waals surface area contributed by atoms with Gasteiger partial charge in [0.25, 0.3) is 0 Å². The van der Waals surface area contributed by atoms with E-state index < -0.39 is 0 Å². The molecule has 0 amide bonds. The quantitative estimate of drug-likeness (QED) is 0.446. The van der Waals surface area contributed by atoms with Gasteiger partial charge in [-0.25, -0.2) is 0 Å². The van der Waals surface area contributed by atoms with Crippen LogP contribution in [0.4, 0.5) is 0 Å². The van der Waals surface area contributed by atoms with Gasteiger partial charge in [-0.1, -0.05) is 0 Å². The van der Waals surface area contributed by atoms with Gasteiger partial charge in [-0.05, 0) is 57.4 Å². The number of fused-ring (bicyclic) bond motifs is 3. The van der Waals surface area contributed by atoms with Crippen molar-refractivity contribution in [2.75, 3.05) is 27.8 Å². The molecule has 0 saturated heterocycles. The van der Waals surface area contributed by atoms with Crippen molar-refractivity contribution >= 4 is 5.78 Å². The molecule has 0 N–H and O–H groups in total. The van der Waals surface area contributed by atoms with Crippen LogP contribution in [-0.2, 0) is 14.2 Å². The van der Waals surface area contributed by atoms with Gasteiger partial charge in [-0.2, -0.15) is 0 Å². The van der Waals surface area contributed by atoms with E-state index in [1.807, 2.05) is 6.07 Å². The van der Waals surface area contributed by atoms with E-state index in [1.165, 1.54) is 0 Å². The van der Waals surface area contributed by atoms with E-state index in [2.05, 4.69) is 18.8 Å². The van der Waals surface area contributed by atoms with Crippen LogP contribution in [0.15, 0.2) is 36.7 Å². The van der Waals surface area contributed by atoms with E-state index in [-0.39, 0.29) is 37.0 Å². The number of carbonyl (C=O) groups excluding carboxylic acids is 1. The van der Waals surface area contributed by atoms with Crippen LogP contribution in [0.1, 0.15) is 60.5 Å². The lowest BCUT2D eigenvalue weighted by molar-refractivity contribution is -0.105. The van der Waals surface area contributed by atoms with E-state index in [1.54, 1.807) is 44.8 Å². The number of pyridine rings is 1. The average molecular weight is 442 g/mol. The second kappa shape index (κ2) is 9.57. The van der Waals surface area contributed by atoms with E-state index >= 15 is 0 Å². The standard InChI is InChI=1S/C25H31NO6/c1-25(2)20-6-5-18(30-14-28-3)13-19(20)23-21(31-15-29-4)11-17(12-22(23)32-25)24(27)16-7-9-26-10-8-16/h7-12,18-20H,5-6,13-15H2,1-4H3/t18-,19-,20-/m1/s1. The highest BCUT2D eigenvalue weighted by atomic mass is 16.7. The molecule has 172 valence electrons. The minimum Gasteiger partial charge on any atom is -0.487 e. The Morgan fingerprint density at radius 3 is 2.56 bits per heavy atom. The molecule has 1 fully saturated rings. The van der Waals surface area contributed by atoms with Gasteiger partial charge in [0.2, 0.25) is 0 Å². The number of rotatable bonds is 8. The fourth-order valence-corrected chi connectivity index (χ4v) is 5.05. The Balaban J connectivity index is 1.76. The molecule has 1 saturated carbocycles. The molecule has 1 aliphatic carbocycles. The van der Waals surface area contributed by atoms with Gasteiger partial charge >= 0.3 is 0 Å². The molecule has 0 bridgehead atoms. The summed E-state index contributed by atoms with van der Waals surface area (Å²) in [4.78, 5) is 17.2. The smallest absolute Gasteiger partial charge is 0.193 e. The highest BCUT2D eigenvalue weighted by Crippen LogP contribution is 2.55. The zero-order valence-electron chi connectivity index (χ0n) is 19.1. The summed E-state index contributed by atoms with van der Waals surface area (Å²) in [5.41, 5.74) is 1.69. The molecule has 1 aromatic heterocycles. The predicted molar refractivity (Wildman–Crippen MR) is 118 cm³/mol. The molecule has 1 aliphatic heterocycles. The lowest BCUT2D eigenvalue weighted by atomic mass is 9.65. The maximum Gasteiger partial charge on any atom is 0.193 e. The maximum absolute atomic E-state index is 13.2. The molecule has 7 heteroatoms. The minimum atomic E-state index is -0.374. The first-order valence-electron chi connectivity index (χ1n) is 11.0. The van der Waals surface area contributed by atoms with Crippen molar-refractivity contribution in [3.63, 3.8) is 0 Å². The molecule has 32 heavy (non-hydrogen) atoms. The summed E-state index contributed by atoms with van der Waals surface area (Å²) < 4.78 is 28.7. The molecular weight excluding hydrogens is 410 g/mol. The fourth-order valence-electron chi connectivity index (χ4n) is 5.05. The minimum absolute atomic E-state index is 0.0870. The van der Waals surface area contributed by atoms with Gasteiger partial charge in [-0.15, -0.1) is 0 Å². The van der Waals surface area contributed by atoms with Gasteiger partial charge in [0.1, 0.15) is 23.9 Å². The first-order valence-corrected chi connectivity index (χ1v) is 11.0. The normalized spacial score (nSPS) is 23.6. The molecule has 3 atom stereocenters. The van der Waals surface area contributed by atoms with Crippen LogP contribution in [0.25, 0.3) is 0 Å². The molecular formula is C25H31NO6. The topological polar surface area (TPSA) is 76.1 Å². The molecule has 0 spiro atoms. The third kappa shape index (κ3) is 4.51. The number of aromatic nitrogens is 1. The van der Waals surface area contributed by atoms with Crippen LogP contribution in [-0.4, -0.2) is 50.3 Å². The van der Waals surface area contributed by atoms with E-state index in [0.717, 1.165) is 24.8 Å². The molecule has 7 nitrogen and oxygen atoms in total. The number of ether oxygens (including phenoxy) is 5. The monoisotopic (exact) mass is 441 g/mol. The summed E-state index contributed by atoms with van der Waals surface area (Å²) in [6, 6.07) is 7.06. The van der Waals surface area contributed by atoms with Crippen LogP contribution < -0.4 is 9.47 Å². The Morgan fingerprint density at radius 2 is 1.84 bits per heavy atom. The zero-order chi connectivity index (χ0) is 22.7. The third-order valence-corrected chi connectivity index (χ3v) is 6.50. The highest BCUT2D eigenvalue weighted by molar-refractivity contribution is 6.09. The Hall–Kier alpha value is -2.48. The van der Waals surface area contributed by atoms with E-state index in [4.69, 9.17) is 23.7 Å². The van der Waals surface area contributed by atoms with Crippen molar-refractivity contribution in [1.82, 2.24) is 4.98 Å². The molecule has 2 aliphatic rings. The highest BCUT2D eigenvalue weighted by Gasteiger charge is 2.48. The van der Waals surface area contributed by atoms with Crippen molar-refractivity contribution in [2.45, 2.75) is 50.7 Å². The van der Waals surface area contributed by atoms with Crippen molar-refractivity contribution in [1.29, 1.82) is 0 Å². The fraction of sp³-hybridized carbons (Fsp3) is 0.520. The van der Waals surface area contributed by atoms with Crippen molar-refractivity contribution in [3.8, 4) is 11.5 Å². The van der Waals surface area contributed by atoms with Crippen LogP contribution in [0.2, 0.25) is 0 Å². The van der Waals surface area contributed by atoms with Gasteiger partial charge in [0.05, 0.1) is 6.10 Å². The summed E-state index contributed by atoms with van der Waals surface area (Å²) in [6.07, 6.45) is 6.11. The van der Waals surface area contributed by atoms with Crippen LogP contribution in [0, 0.1) is 5.92 Å². The molecule has 2 heterocycles. The first-order chi connectivity index (χ1) is 15.4. The van der Waals surface area contributed by atoms with Crippen LogP contribution in [0.5, 0.6) is 11.5 Å². The maximum atomic E-state index is 13.2. The number of carbonyl (C=O) groups is 1. The summed E-state index contributed by atoms with van der Waals surface area (Å²) >= 11 is 0. The number of benzene rings is 1. The summed E-state index contributed by atoms with van der Waals surface area (Å²) in [5, 5.41) is 0. The summed E-state index contributed by atoms with van der Waals surface area (Å²) in [5.74, 6) is 1.70. The molecule has 0 radical (unpaired) electrons. The largest absolute Gasteiger partial charge is 0.487 e. The number of hydrogen-bond donors (Lipinski definition) is 0. The van der Waals surface area contributed by atoms with Gasteiger partial charge in [0.15, 0.2) is 12.6 Å². The van der Waals surface area contributed by atoms with Crippen molar-refractivity contribution in [3.05, 3.63) is 53.3 Å². The van der Waals surface area contributed by atoms with Crippen molar-refractivity contribution < 1.29 is 28.5 Å². The Bertz CT molecular complexity index is 945. The summed E-state index contributed by atoms with van der Waals surface area (Å²) in [6.45, 7) is 4.61. The van der Waals surface area contributed by atoms with Crippen LogP contribution >= 0.6 is 0 Å². The molecule has 0 unspecified atom stereocenters. The Morgan fingerprint density at radius 1 is 1.09 bits per heavy atom. The number of methoxy groups -OCH3 is 2. The van der Waals surface area contributed by atoms with E-state index in [0.29, 0.717) is 28.5 Å². The third-order valence-electron chi connectivity index (χ3n) is 6.50. The molecule has 4 rings (SSSR count). The number of hydrogen-bond acceptors (Lipinski definition) is 7. The van der Waals surface area contributed by atoms with Crippen LogP contribution in [0.3, 0.4) is 0 Å². The lowest BCUT2D eigenvalue weighted by Crippen LogP contribution is -2.48. The SMILES string of the molecule is COCOc1cc(C(=O)c2ccncc2)cc2c1[C@@H]1C[C@H](OCOC)CC[C@H]1C(C)(C)O2. The average Bonchev–Trinajstić information content (AvgIpc) is 2.80. The number of nitrogens with zero attached hydrogens (tertiary/aromatic N) is 1. The Kier molecular flexibility index (Phi) is 6.79.